The number of rotatable bonds is 4. The van der Waals surface area contributed by atoms with Gasteiger partial charge in [0.25, 0.3) is 0 Å². The quantitative estimate of drug-likeness (QED) is 0.515. The topological polar surface area (TPSA) is 18.0 Å². The predicted molar refractivity (Wildman–Crippen MR) is 63.5 cm³/mol. The van der Waals surface area contributed by atoms with Crippen molar-refractivity contribution in [1.82, 2.24) is 0 Å². The number of aromatic nitrogens is 2. The predicted octanol–water partition coefficient (Wildman–Crippen LogP) is -0.741. The average Bonchev–Trinajstić information content (AvgIpc) is 2.38. The second kappa shape index (κ2) is 7.37. The van der Waals surface area contributed by atoms with Crippen molar-refractivity contribution in [3.05, 3.63) is 49.1 Å². The molecule has 90 valence electrons. The summed E-state index contributed by atoms with van der Waals surface area (Å²) in [5.74, 6) is 0. The second-order valence-electron chi connectivity index (χ2n) is 3.97. The minimum Gasteiger partial charge on any atom is -1.00 e. The second-order valence-corrected chi connectivity index (χ2v) is 3.97. The van der Waals surface area contributed by atoms with Crippen LogP contribution >= 0.6 is 0 Å². The molecule has 2 aromatic rings. The van der Waals surface area contributed by atoms with Crippen LogP contribution in [0.3, 0.4) is 0 Å². The van der Waals surface area contributed by atoms with Crippen LogP contribution in [0.4, 0.5) is 0 Å². The number of nitrogens with one attached hydrogen (secondary N) is 1. The summed E-state index contributed by atoms with van der Waals surface area (Å²) in [5, 5.41) is 0. The zero-order valence-electron chi connectivity index (χ0n) is 10.1. The summed E-state index contributed by atoms with van der Waals surface area (Å²) in [6.45, 7) is 3.33. The molecule has 0 saturated carbocycles. The Morgan fingerprint density at radius 1 is 1.00 bits per heavy atom. The molecule has 0 radical (unpaired) electrons. The van der Waals surface area contributed by atoms with Gasteiger partial charge in [-0.15, -0.1) is 0 Å². The Morgan fingerprint density at radius 2 is 1.59 bits per heavy atom. The van der Waals surface area contributed by atoms with E-state index < -0.39 is 0 Å². The van der Waals surface area contributed by atoms with Gasteiger partial charge < -0.3 is 24.0 Å². The minimum atomic E-state index is 0. The molecule has 0 aliphatic rings. The van der Waals surface area contributed by atoms with E-state index in [1.807, 2.05) is 12.4 Å². The fourth-order valence-electron chi connectivity index (χ4n) is 1.72. The molecule has 2 rings (SSSR count). The molecule has 0 atom stereocenters. The number of pyridine rings is 2. The van der Waals surface area contributed by atoms with E-state index in [9.17, 15) is 0 Å². The maximum absolute atomic E-state index is 3.04. The molecule has 0 spiro atoms. The van der Waals surface area contributed by atoms with Gasteiger partial charge in [0.15, 0.2) is 24.8 Å². The van der Waals surface area contributed by atoms with Crippen LogP contribution in [0.2, 0.25) is 0 Å². The van der Waals surface area contributed by atoms with Crippen LogP contribution in [-0.4, -0.2) is 0 Å². The summed E-state index contributed by atoms with van der Waals surface area (Å²) in [6.07, 6.45) is 10.7. The summed E-state index contributed by atoms with van der Waals surface area (Å²) in [4.78, 5) is 3.04. The lowest BCUT2D eigenvalue weighted by Gasteiger charge is -1.99. The zero-order valence-corrected chi connectivity index (χ0v) is 12.2. The van der Waals surface area contributed by atoms with Crippen molar-refractivity contribution >= 4 is 0 Å². The van der Waals surface area contributed by atoms with Crippen LogP contribution in [0, 0.1) is 0 Å². The molecule has 0 unspecified atom stereocenters. The molecule has 0 aliphatic carbocycles. The number of nitrogens with zero attached hydrogens (tertiary/aromatic N) is 1. The molecule has 17 heavy (non-hydrogen) atoms. The molecular formula is C14H18IN2+. The van der Waals surface area contributed by atoms with Crippen molar-refractivity contribution in [3.63, 3.8) is 0 Å². The number of unbranched alkanes of at least 4 members (excludes halogenated alkanes) is 1. The van der Waals surface area contributed by atoms with Gasteiger partial charge in [0.05, 0.1) is 0 Å². The first-order valence-electron chi connectivity index (χ1n) is 5.86. The van der Waals surface area contributed by atoms with E-state index in [2.05, 4.69) is 53.1 Å². The monoisotopic (exact) mass is 341 g/mol. The van der Waals surface area contributed by atoms with Crippen LogP contribution in [0.1, 0.15) is 19.8 Å². The molecule has 0 aliphatic heterocycles. The van der Waals surface area contributed by atoms with E-state index in [0.717, 1.165) is 6.54 Å². The van der Waals surface area contributed by atoms with Gasteiger partial charge in [-0.05, 0) is 11.1 Å². The van der Waals surface area contributed by atoms with Gasteiger partial charge in [-0.3, -0.25) is 0 Å². The third kappa shape index (κ3) is 4.07. The van der Waals surface area contributed by atoms with E-state index in [0.29, 0.717) is 0 Å². The number of aryl methyl sites for hydroxylation is 1. The standard InChI is InChI=1S/C14H17N2.HI/c1-2-3-10-16-11-6-14(7-12-16)13-4-8-15-9-5-13;/h4-9,11-12H,2-3,10H2,1H3;1H/q+1;. The SMILES string of the molecule is CCCC[n+]1ccc(-c2cc[nH+]cc2)cc1.[I-]. The fraction of sp³-hybridized carbons (Fsp3) is 0.286. The number of hydrogen-bond acceptors (Lipinski definition) is 0. The Balaban J connectivity index is 0.00000144. The first-order valence-corrected chi connectivity index (χ1v) is 5.86. The van der Waals surface area contributed by atoms with Crippen molar-refractivity contribution in [2.24, 2.45) is 0 Å². The first kappa shape index (κ1) is 14.1. The molecule has 0 saturated heterocycles. The third-order valence-electron chi connectivity index (χ3n) is 2.71. The summed E-state index contributed by atoms with van der Waals surface area (Å²) in [5.41, 5.74) is 2.52. The Hall–Kier alpha value is -0.970. The molecule has 2 aromatic heterocycles. The van der Waals surface area contributed by atoms with Crippen molar-refractivity contribution in [2.75, 3.05) is 0 Å². The summed E-state index contributed by atoms with van der Waals surface area (Å²) >= 11 is 0. The van der Waals surface area contributed by atoms with Gasteiger partial charge in [-0.2, -0.15) is 0 Å². The summed E-state index contributed by atoms with van der Waals surface area (Å²) < 4.78 is 2.24. The van der Waals surface area contributed by atoms with Crippen molar-refractivity contribution < 1.29 is 33.5 Å². The molecule has 0 bridgehead atoms. The smallest absolute Gasteiger partial charge is 0.169 e. The summed E-state index contributed by atoms with van der Waals surface area (Å²) in [7, 11) is 0. The number of H-pyrrole nitrogens is 1. The summed E-state index contributed by atoms with van der Waals surface area (Å²) in [6, 6.07) is 8.52. The van der Waals surface area contributed by atoms with Crippen LogP contribution in [0.25, 0.3) is 11.1 Å². The Morgan fingerprint density at radius 3 is 2.18 bits per heavy atom. The van der Waals surface area contributed by atoms with E-state index in [1.165, 1.54) is 24.0 Å². The molecule has 0 fully saturated rings. The van der Waals surface area contributed by atoms with Crippen molar-refractivity contribution in [3.8, 4) is 11.1 Å². The van der Waals surface area contributed by atoms with Crippen LogP contribution in [0.5, 0.6) is 0 Å². The van der Waals surface area contributed by atoms with Crippen molar-refractivity contribution in [2.45, 2.75) is 26.3 Å². The van der Waals surface area contributed by atoms with E-state index in [-0.39, 0.29) is 24.0 Å². The van der Waals surface area contributed by atoms with Crippen molar-refractivity contribution in [1.29, 1.82) is 0 Å². The van der Waals surface area contributed by atoms with Gasteiger partial charge in [-0.1, -0.05) is 13.3 Å². The van der Waals surface area contributed by atoms with Gasteiger partial charge in [-0.25, -0.2) is 9.55 Å². The Kier molecular flexibility index (Phi) is 6.11. The van der Waals surface area contributed by atoms with Crippen LogP contribution < -0.4 is 33.5 Å². The number of aromatic amines is 1. The third-order valence-corrected chi connectivity index (χ3v) is 2.71. The van der Waals surface area contributed by atoms with Gasteiger partial charge in [0.2, 0.25) is 0 Å². The molecule has 0 aromatic carbocycles. The Bertz CT molecular complexity index is 426. The van der Waals surface area contributed by atoms with E-state index in [4.69, 9.17) is 0 Å². The lowest BCUT2D eigenvalue weighted by Crippen LogP contribution is -3.00. The molecular weight excluding hydrogens is 323 g/mol. The molecule has 1 N–H and O–H groups in total. The highest BCUT2D eigenvalue weighted by Crippen LogP contribution is 2.14. The largest absolute Gasteiger partial charge is 1.00 e. The van der Waals surface area contributed by atoms with Gasteiger partial charge in [0, 0.05) is 30.7 Å². The lowest BCUT2D eigenvalue weighted by molar-refractivity contribution is -0.697. The fourth-order valence-corrected chi connectivity index (χ4v) is 1.72. The molecule has 2 nitrogen and oxygen atoms in total. The Labute approximate surface area is 120 Å². The molecule has 2 heterocycles. The maximum Gasteiger partial charge on any atom is 0.169 e. The number of halogens is 1. The maximum atomic E-state index is 3.04. The highest BCUT2D eigenvalue weighted by Gasteiger charge is 2.02. The van der Waals surface area contributed by atoms with Crippen LogP contribution in [-0.2, 0) is 6.54 Å². The molecule has 0 amide bonds. The lowest BCUT2D eigenvalue weighted by atomic mass is 10.1. The van der Waals surface area contributed by atoms with Crippen LogP contribution in [0.15, 0.2) is 49.1 Å². The normalized spacial score (nSPS) is 9.71. The zero-order chi connectivity index (χ0) is 11.2. The number of hydrogen-bond donors (Lipinski definition) is 0. The minimum absolute atomic E-state index is 0. The molecule has 3 heteroatoms. The average molecular weight is 341 g/mol. The highest BCUT2D eigenvalue weighted by atomic mass is 127. The van der Waals surface area contributed by atoms with Gasteiger partial charge >= 0.3 is 0 Å². The van der Waals surface area contributed by atoms with E-state index >= 15 is 0 Å². The first-order chi connectivity index (χ1) is 7.90. The van der Waals surface area contributed by atoms with E-state index in [1.54, 1.807) is 0 Å². The van der Waals surface area contributed by atoms with Gasteiger partial charge in [0.1, 0.15) is 6.54 Å². The highest BCUT2D eigenvalue weighted by molar-refractivity contribution is 5.60.